The minimum absolute atomic E-state index is 0.0330. The van der Waals surface area contributed by atoms with E-state index in [0.29, 0.717) is 12.0 Å². The van der Waals surface area contributed by atoms with Crippen molar-refractivity contribution in [2.24, 2.45) is 33.8 Å². The van der Waals surface area contributed by atoms with E-state index in [9.17, 15) is 48.3 Å². The maximum atomic E-state index is 14.2. The molecule has 3 aromatic carbocycles. The number of aliphatic imine (C=N–C) groups is 1. The molecule has 0 aliphatic carbocycles. The zero-order valence-corrected chi connectivity index (χ0v) is 41.6. The first-order chi connectivity index (χ1) is 35.3. The van der Waals surface area contributed by atoms with Crippen LogP contribution in [0.25, 0.3) is 10.9 Å². The molecule has 74 heavy (non-hydrogen) atoms. The van der Waals surface area contributed by atoms with Gasteiger partial charge in [0.05, 0.1) is 13.0 Å². The minimum Gasteiger partial charge on any atom is -0.394 e. The van der Waals surface area contributed by atoms with E-state index in [-0.39, 0.29) is 56.9 Å². The SMILES string of the molecule is CC(C)C[C@H](NC(=O)NNC(=O)[C@H](Cc1ccccc1)NC(=O)[C@H](CO)NC(=O)[C@H](CC(N)=O)NC(=O)CCc1c[nH]c2ccccc12)C(=O)N(C)[C@@H](CCCN=C(N)N)C(=O)N[C@@H](Cc1ccccc1)C(N)=O. The molecule has 0 aliphatic rings. The number of aliphatic hydroxyl groups excluding tert-OH is 1. The lowest BCUT2D eigenvalue weighted by molar-refractivity contribution is -0.141. The average Bonchev–Trinajstić information content (AvgIpc) is 3.78. The van der Waals surface area contributed by atoms with E-state index >= 15 is 0 Å². The van der Waals surface area contributed by atoms with Gasteiger partial charge in [0, 0.05) is 50.0 Å². The van der Waals surface area contributed by atoms with Gasteiger partial charge >= 0.3 is 6.03 Å². The number of primary amides is 2. The summed E-state index contributed by atoms with van der Waals surface area (Å²) in [7, 11) is 1.36. The molecule has 0 spiro atoms. The number of aryl methyl sites for hydroxylation is 1. The number of aromatic nitrogens is 1. The number of hydrogen-bond donors (Lipinski definition) is 13. The first-order valence-electron chi connectivity index (χ1n) is 24.0. The predicted octanol–water partition coefficient (Wildman–Crippen LogP) is -1.50. The van der Waals surface area contributed by atoms with Crippen molar-refractivity contribution in [3.8, 4) is 0 Å². The first-order valence-corrected chi connectivity index (χ1v) is 24.0. The molecular weight excluding hydrogens is 957 g/mol. The maximum absolute atomic E-state index is 14.2. The van der Waals surface area contributed by atoms with Crippen LogP contribution in [-0.2, 0) is 57.6 Å². The third kappa shape index (κ3) is 18.9. The lowest BCUT2D eigenvalue weighted by Crippen LogP contribution is -2.61. The number of hydrogen-bond acceptors (Lipinski definition) is 11. The Hall–Kier alpha value is -8.54. The quantitative estimate of drug-likeness (QED) is 0.0134. The van der Waals surface area contributed by atoms with Gasteiger partial charge in [-0.3, -0.25) is 48.8 Å². The maximum Gasteiger partial charge on any atom is 0.334 e. The molecule has 17 N–H and O–H groups in total. The van der Waals surface area contributed by atoms with Crippen molar-refractivity contribution >= 4 is 70.2 Å². The van der Waals surface area contributed by atoms with Gasteiger partial charge in [-0.1, -0.05) is 92.7 Å². The lowest BCUT2D eigenvalue weighted by atomic mass is 10.0. The molecule has 4 aromatic rings. The van der Waals surface area contributed by atoms with Crippen LogP contribution in [-0.4, -0.2) is 131 Å². The zero-order valence-electron chi connectivity index (χ0n) is 41.6. The summed E-state index contributed by atoms with van der Waals surface area (Å²) in [5.41, 5.74) is 29.5. The Balaban J connectivity index is 1.44. The van der Waals surface area contributed by atoms with E-state index in [2.05, 4.69) is 47.4 Å². The van der Waals surface area contributed by atoms with Crippen molar-refractivity contribution < 1.29 is 48.3 Å². The first kappa shape index (κ1) is 58.0. The summed E-state index contributed by atoms with van der Waals surface area (Å²) in [6.45, 7) is 2.72. The number of aliphatic hydroxyl groups is 1. The van der Waals surface area contributed by atoms with Crippen LogP contribution in [0.4, 0.5) is 4.79 Å². The van der Waals surface area contributed by atoms with Crippen LogP contribution in [0.5, 0.6) is 0 Å². The van der Waals surface area contributed by atoms with E-state index in [1.165, 1.54) is 7.05 Å². The molecule has 10 amide bonds. The standard InChI is InChI=1S/C50H68N14O10/c1-29(2)23-38(48(73)64(3)40(19-12-22-55-49(53)54)47(72)58-35(43(52)68)24-30-13-6-4-7-14-30)61-50(74)63-62-46(71)36(25-31-15-8-5-9-16-31)59-45(70)39(28-65)60-44(69)37(26-41(51)66)57-42(67)21-20-32-27-56-34-18-11-10-17-33(32)34/h4-11,13-18,27,29,35-40,56,65H,12,19-26,28H2,1-3H3,(H2,51,66)(H2,52,68)(H,57,67)(H,58,72)(H,59,70)(H,60,69)(H,62,71)(H4,53,54,55)(H2,61,63,74)/t35-,36-,37-,38-,39-,40-/m0/s1. The molecule has 0 fully saturated rings. The van der Waals surface area contributed by atoms with Crippen molar-refractivity contribution in [1.82, 2.24) is 47.3 Å². The molecule has 1 aromatic heterocycles. The summed E-state index contributed by atoms with van der Waals surface area (Å²) in [5, 5.41) is 23.6. The molecule has 0 unspecified atom stereocenters. The van der Waals surface area contributed by atoms with Gasteiger partial charge in [0.2, 0.25) is 41.4 Å². The highest BCUT2D eigenvalue weighted by Crippen LogP contribution is 2.19. The number of urea groups is 1. The van der Waals surface area contributed by atoms with E-state index in [1.807, 2.05) is 24.3 Å². The van der Waals surface area contributed by atoms with E-state index in [1.54, 1.807) is 80.7 Å². The Kier molecular flexibility index (Phi) is 22.8. The monoisotopic (exact) mass is 1020 g/mol. The number of fused-ring (bicyclic) bond motifs is 1. The van der Waals surface area contributed by atoms with Gasteiger partial charge in [0.15, 0.2) is 5.96 Å². The van der Waals surface area contributed by atoms with Gasteiger partial charge in [0.1, 0.15) is 36.3 Å². The summed E-state index contributed by atoms with van der Waals surface area (Å²) < 4.78 is 0. The lowest BCUT2D eigenvalue weighted by Gasteiger charge is -2.32. The fourth-order valence-corrected chi connectivity index (χ4v) is 7.89. The molecule has 0 saturated carbocycles. The zero-order chi connectivity index (χ0) is 54.3. The Morgan fingerprint density at radius 2 is 1.24 bits per heavy atom. The number of rotatable bonds is 28. The molecule has 24 nitrogen and oxygen atoms in total. The number of carbonyl (C=O) groups is 9. The third-order valence-corrected chi connectivity index (χ3v) is 11.7. The summed E-state index contributed by atoms with van der Waals surface area (Å²) in [6.07, 6.45) is 1.60. The van der Waals surface area contributed by atoms with Gasteiger partial charge in [-0.25, -0.2) is 10.2 Å². The summed E-state index contributed by atoms with van der Waals surface area (Å²) in [6, 6.07) is 15.4. The van der Waals surface area contributed by atoms with Crippen LogP contribution in [0, 0.1) is 5.92 Å². The molecule has 398 valence electrons. The topological polar surface area (TPSA) is 394 Å². The number of hydrazine groups is 1. The summed E-state index contributed by atoms with van der Waals surface area (Å²) in [4.78, 5) is 128. The van der Waals surface area contributed by atoms with Gasteiger partial charge in [0.25, 0.3) is 5.91 Å². The van der Waals surface area contributed by atoms with Gasteiger partial charge in [-0.05, 0) is 54.4 Å². The molecule has 6 atom stereocenters. The number of benzene rings is 3. The smallest absolute Gasteiger partial charge is 0.334 e. The second-order valence-electron chi connectivity index (χ2n) is 18.0. The molecule has 0 radical (unpaired) electrons. The number of nitrogens with one attached hydrogen (secondary N) is 8. The molecule has 0 bridgehead atoms. The normalized spacial score (nSPS) is 13.4. The van der Waals surface area contributed by atoms with Gasteiger partial charge < -0.3 is 64.5 Å². The van der Waals surface area contributed by atoms with Crippen LogP contribution in [0.15, 0.2) is 96.1 Å². The van der Waals surface area contributed by atoms with Crippen molar-refractivity contribution in [2.45, 2.75) is 101 Å². The summed E-state index contributed by atoms with van der Waals surface area (Å²) in [5.74, 6) is -7.13. The molecule has 0 aliphatic heterocycles. The van der Waals surface area contributed by atoms with E-state index < -0.39 is 103 Å². The van der Waals surface area contributed by atoms with E-state index in [4.69, 9.17) is 22.9 Å². The Labute approximate surface area is 427 Å². The van der Waals surface area contributed by atoms with Gasteiger partial charge in [-0.15, -0.1) is 0 Å². The predicted molar refractivity (Wildman–Crippen MR) is 274 cm³/mol. The van der Waals surface area contributed by atoms with Crippen LogP contribution in [0.1, 0.15) is 62.6 Å². The Bertz CT molecular complexity index is 2590. The van der Waals surface area contributed by atoms with Crippen LogP contribution >= 0.6 is 0 Å². The second-order valence-corrected chi connectivity index (χ2v) is 18.0. The number of nitrogens with zero attached hydrogens (tertiary/aromatic N) is 2. The number of amides is 10. The number of likely N-dealkylation sites (N-methyl/N-ethyl adjacent to an activating group) is 1. The van der Waals surface area contributed by atoms with Crippen molar-refractivity contribution in [3.05, 3.63) is 108 Å². The largest absolute Gasteiger partial charge is 0.394 e. The highest BCUT2D eigenvalue weighted by Gasteiger charge is 2.35. The number of guanidine groups is 1. The van der Waals surface area contributed by atoms with Crippen LogP contribution in [0.2, 0.25) is 0 Å². The van der Waals surface area contributed by atoms with Crippen molar-refractivity contribution in [1.29, 1.82) is 0 Å². The average molecular weight is 1030 g/mol. The van der Waals surface area contributed by atoms with Gasteiger partial charge in [-0.2, -0.15) is 0 Å². The number of carbonyl (C=O) groups excluding carboxylic acids is 9. The number of nitrogens with two attached hydrogens (primary N) is 4. The minimum atomic E-state index is -1.70. The number of para-hydroxylation sites is 1. The third-order valence-electron chi connectivity index (χ3n) is 11.7. The molecule has 24 heteroatoms. The van der Waals surface area contributed by atoms with E-state index in [0.717, 1.165) is 26.9 Å². The molecule has 4 rings (SSSR count). The Morgan fingerprint density at radius 1 is 0.662 bits per heavy atom. The second kappa shape index (κ2) is 29.1. The van der Waals surface area contributed by atoms with Crippen molar-refractivity contribution in [2.75, 3.05) is 20.2 Å². The van der Waals surface area contributed by atoms with Crippen LogP contribution < -0.4 is 60.4 Å². The highest BCUT2D eigenvalue weighted by molar-refractivity contribution is 5.97. The fourth-order valence-electron chi connectivity index (χ4n) is 7.89. The van der Waals surface area contributed by atoms with Crippen molar-refractivity contribution in [3.63, 3.8) is 0 Å². The molecular formula is C50H68N14O10. The highest BCUT2D eigenvalue weighted by atomic mass is 16.3. The molecule has 0 saturated heterocycles. The number of H-pyrrole nitrogens is 1. The van der Waals surface area contributed by atoms with Crippen LogP contribution in [0.3, 0.4) is 0 Å². The molecule has 1 heterocycles. The summed E-state index contributed by atoms with van der Waals surface area (Å²) >= 11 is 0. The number of aromatic amines is 1. The Morgan fingerprint density at radius 3 is 1.84 bits per heavy atom. The fraction of sp³-hybridized carbons (Fsp3) is 0.400.